The summed E-state index contributed by atoms with van der Waals surface area (Å²) in [6.45, 7) is 5.33. The van der Waals surface area contributed by atoms with Gasteiger partial charge in [-0.3, -0.25) is 4.79 Å². The molecule has 0 saturated heterocycles. The maximum Gasteiger partial charge on any atom is 0.293 e. The van der Waals surface area contributed by atoms with Crippen LogP contribution in [0, 0.1) is 0 Å². The molecular weight excluding hydrogens is 230 g/mol. The molecule has 6 heteroatoms. The van der Waals surface area contributed by atoms with Gasteiger partial charge in [0.1, 0.15) is 0 Å². The summed E-state index contributed by atoms with van der Waals surface area (Å²) in [5.74, 6) is 0.395. The van der Waals surface area contributed by atoms with Crippen molar-refractivity contribution >= 4 is 5.82 Å². The van der Waals surface area contributed by atoms with E-state index in [4.69, 9.17) is 0 Å². The zero-order valence-electron chi connectivity index (χ0n) is 10.6. The van der Waals surface area contributed by atoms with Gasteiger partial charge in [0.2, 0.25) is 0 Å². The Balaban J connectivity index is 2.01. The van der Waals surface area contributed by atoms with E-state index >= 15 is 0 Å². The van der Waals surface area contributed by atoms with Crippen LogP contribution in [0.3, 0.4) is 0 Å². The minimum absolute atomic E-state index is 0.0851. The van der Waals surface area contributed by atoms with Gasteiger partial charge in [-0.15, -0.1) is 0 Å². The average Bonchev–Trinajstić information content (AvgIpc) is 2.84. The number of nitrogens with zero attached hydrogens (tertiary/aromatic N) is 4. The molecule has 0 aliphatic carbocycles. The molecule has 96 valence electrons. The second-order valence-electron chi connectivity index (χ2n) is 4.31. The van der Waals surface area contributed by atoms with Crippen molar-refractivity contribution in [2.24, 2.45) is 0 Å². The molecule has 0 aliphatic heterocycles. The van der Waals surface area contributed by atoms with Gasteiger partial charge >= 0.3 is 0 Å². The molecule has 1 N–H and O–H groups in total. The van der Waals surface area contributed by atoms with E-state index in [0.717, 1.165) is 6.54 Å². The number of rotatable bonds is 5. The van der Waals surface area contributed by atoms with Crippen LogP contribution in [0.15, 0.2) is 35.9 Å². The Hall–Kier alpha value is -2.11. The Morgan fingerprint density at radius 2 is 2.17 bits per heavy atom. The summed E-state index contributed by atoms with van der Waals surface area (Å²) in [5.41, 5.74) is -0.0851. The quantitative estimate of drug-likeness (QED) is 0.860. The minimum Gasteiger partial charge on any atom is -0.364 e. The lowest BCUT2D eigenvalue weighted by atomic mass is 10.4. The first-order chi connectivity index (χ1) is 8.68. The van der Waals surface area contributed by atoms with Crippen LogP contribution in [0.2, 0.25) is 0 Å². The number of aromatic nitrogens is 4. The van der Waals surface area contributed by atoms with Gasteiger partial charge < -0.3 is 14.5 Å². The highest BCUT2D eigenvalue weighted by molar-refractivity contribution is 5.30. The summed E-state index contributed by atoms with van der Waals surface area (Å²) in [6, 6.07) is 0.134. The SMILES string of the molecule is CC(C)n1ccnc(NCCn2ccnc2)c1=O. The third-order valence-electron chi connectivity index (χ3n) is 2.65. The van der Waals surface area contributed by atoms with Crippen LogP contribution in [-0.4, -0.2) is 25.6 Å². The lowest BCUT2D eigenvalue weighted by Gasteiger charge is -2.11. The van der Waals surface area contributed by atoms with E-state index in [2.05, 4.69) is 15.3 Å². The predicted octanol–water partition coefficient (Wildman–Crippen LogP) is 1.13. The molecule has 0 spiro atoms. The first-order valence-electron chi connectivity index (χ1n) is 5.95. The van der Waals surface area contributed by atoms with Crippen LogP contribution in [-0.2, 0) is 6.54 Å². The Labute approximate surface area is 105 Å². The van der Waals surface area contributed by atoms with E-state index in [0.29, 0.717) is 12.4 Å². The Morgan fingerprint density at radius 3 is 2.83 bits per heavy atom. The third kappa shape index (κ3) is 2.77. The van der Waals surface area contributed by atoms with Crippen LogP contribution in [0.25, 0.3) is 0 Å². The standard InChI is InChI=1S/C12H17N5O/c1-10(2)17-8-5-15-11(12(17)18)14-4-7-16-6-3-13-9-16/h3,5-6,8-10H,4,7H2,1-2H3,(H,14,15). The summed E-state index contributed by atoms with van der Waals surface area (Å²) in [5, 5.41) is 3.05. The molecule has 2 aromatic heterocycles. The number of hydrogen-bond donors (Lipinski definition) is 1. The maximum atomic E-state index is 12.0. The molecule has 0 aromatic carbocycles. The average molecular weight is 247 g/mol. The molecule has 0 radical (unpaired) electrons. The van der Waals surface area contributed by atoms with Crippen molar-refractivity contribution in [1.29, 1.82) is 0 Å². The molecule has 0 amide bonds. The summed E-state index contributed by atoms with van der Waals surface area (Å²) < 4.78 is 3.60. The Morgan fingerprint density at radius 1 is 1.33 bits per heavy atom. The Bertz CT molecular complexity index is 544. The van der Waals surface area contributed by atoms with Crippen molar-refractivity contribution in [2.45, 2.75) is 26.4 Å². The number of imidazole rings is 1. The van der Waals surface area contributed by atoms with Gasteiger partial charge in [-0.1, -0.05) is 0 Å². The molecule has 0 aliphatic rings. The molecule has 2 heterocycles. The van der Waals surface area contributed by atoms with Crippen LogP contribution >= 0.6 is 0 Å². The lowest BCUT2D eigenvalue weighted by molar-refractivity contribution is 0.574. The fraction of sp³-hybridized carbons (Fsp3) is 0.417. The molecule has 6 nitrogen and oxygen atoms in total. The highest BCUT2D eigenvalue weighted by atomic mass is 16.1. The normalized spacial score (nSPS) is 10.8. The van der Waals surface area contributed by atoms with E-state index in [1.807, 2.05) is 24.6 Å². The van der Waals surface area contributed by atoms with Crippen molar-refractivity contribution in [2.75, 3.05) is 11.9 Å². The molecule has 0 bridgehead atoms. The first kappa shape index (κ1) is 12.3. The lowest BCUT2D eigenvalue weighted by Crippen LogP contribution is -2.26. The maximum absolute atomic E-state index is 12.0. The van der Waals surface area contributed by atoms with Gasteiger partial charge in [0.25, 0.3) is 5.56 Å². The number of nitrogens with one attached hydrogen (secondary N) is 1. The molecule has 0 atom stereocenters. The van der Waals surface area contributed by atoms with E-state index in [9.17, 15) is 4.79 Å². The Kier molecular flexibility index (Phi) is 3.76. The second-order valence-corrected chi connectivity index (χ2v) is 4.31. The smallest absolute Gasteiger partial charge is 0.293 e. The van der Waals surface area contributed by atoms with Crippen LogP contribution < -0.4 is 10.9 Å². The summed E-state index contributed by atoms with van der Waals surface area (Å²) in [7, 11) is 0. The van der Waals surface area contributed by atoms with Crippen LogP contribution in [0.5, 0.6) is 0 Å². The third-order valence-corrected chi connectivity index (χ3v) is 2.65. The minimum atomic E-state index is -0.0851. The van der Waals surface area contributed by atoms with Crippen molar-refractivity contribution in [3.8, 4) is 0 Å². The predicted molar refractivity (Wildman–Crippen MR) is 69.6 cm³/mol. The van der Waals surface area contributed by atoms with Crippen molar-refractivity contribution in [3.63, 3.8) is 0 Å². The summed E-state index contributed by atoms with van der Waals surface area (Å²) >= 11 is 0. The molecule has 0 saturated carbocycles. The molecule has 2 rings (SSSR count). The molecule has 18 heavy (non-hydrogen) atoms. The van der Waals surface area contributed by atoms with Crippen molar-refractivity contribution in [1.82, 2.24) is 19.1 Å². The van der Waals surface area contributed by atoms with E-state index in [-0.39, 0.29) is 11.6 Å². The summed E-state index contributed by atoms with van der Waals surface area (Å²) in [6.07, 6.45) is 8.69. The zero-order valence-corrected chi connectivity index (χ0v) is 10.6. The number of hydrogen-bond acceptors (Lipinski definition) is 4. The zero-order chi connectivity index (χ0) is 13.0. The van der Waals surface area contributed by atoms with Gasteiger partial charge in [0.05, 0.1) is 6.33 Å². The van der Waals surface area contributed by atoms with Gasteiger partial charge in [0.15, 0.2) is 5.82 Å². The van der Waals surface area contributed by atoms with E-state index in [1.54, 1.807) is 29.5 Å². The fourth-order valence-electron chi connectivity index (χ4n) is 1.68. The van der Waals surface area contributed by atoms with Crippen LogP contribution in [0.4, 0.5) is 5.82 Å². The molecule has 0 fully saturated rings. The highest BCUT2D eigenvalue weighted by Gasteiger charge is 2.06. The van der Waals surface area contributed by atoms with Gasteiger partial charge in [-0.05, 0) is 13.8 Å². The van der Waals surface area contributed by atoms with E-state index < -0.39 is 0 Å². The van der Waals surface area contributed by atoms with Gasteiger partial charge in [0, 0.05) is 43.9 Å². The largest absolute Gasteiger partial charge is 0.364 e. The van der Waals surface area contributed by atoms with E-state index in [1.165, 1.54) is 0 Å². The summed E-state index contributed by atoms with van der Waals surface area (Å²) in [4.78, 5) is 20.0. The first-order valence-corrected chi connectivity index (χ1v) is 5.95. The number of anilines is 1. The van der Waals surface area contributed by atoms with Crippen LogP contribution in [0.1, 0.15) is 19.9 Å². The molecule has 0 unspecified atom stereocenters. The van der Waals surface area contributed by atoms with Gasteiger partial charge in [-0.25, -0.2) is 9.97 Å². The highest BCUT2D eigenvalue weighted by Crippen LogP contribution is 2.01. The van der Waals surface area contributed by atoms with Crippen molar-refractivity contribution < 1.29 is 0 Å². The monoisotopic (exact) mass is 247 g/mol. The fourth-order valence-corrected chi connectivity index (χ4v) is 1.68. The molecule has 2 aromatic rings. The van der Waals surface area contributed by atoms with Crippen molar-refractivity contribution in [3.05, 3.63) is 41.5 Å². The van der Waals surface area contributed by atoms with Gasteiger partial charge in [-0.2, -0.15) is 0 Å². The topological polar surface area (TPSA) is 64.7 Å². The second kappa shape index (κ2) is 5.48. The molecular formula is C12H17N5O.